The molecule has 1 aromatic heterocycles. The summed E-state index contributed by atoms with van der Waals surface area (Å²) in [6, 6.07) is 12.4. The van der Waals surface area contributed by atoms with Crippen molar-refractivity contribution in [3.8, 4) is 0 Å². The fourth-order valence-corrected chi connectivity index (χ4v) is 6.49. The molecule has 1 aromatic carbocycles. The Morgan fingerprint density at radius 3 is 2.58 bits per heavy atom. The number of halogens is 2. The van der Waals surface area contributed by atoms with E-state index in [0.29, 0.717) is 18.4 Å². The van der Waals surface area contributed by atoms with Crippen molar-refractivity contribution in [1.82, 2.24) is 14.8 Å². The maximum absolute atomic E-state index is 13.3. The highest BCUT2D eigenvalue weighted by Gasteiger charge is 2.50. The summed E-state index contributed by atoms with van der Waals surface area (Å²) in [4.78, 5) is 30.6. The largest absolute Gasteiger partial charge is 0.316 e. The van der Waals surface area contributed by atoms with Crippen molar-refractivity contribution in [2.75, 3.05) is 38.1 Å². The zero-order valence-electron chi connectivity index (χ0n) is 19.0. The number of rotatable bonds is 2. The van der Waals surface area contributed by atoms with Crippen LogP contribution in [0.4, 0.5) is 5.69 Å². The molecule has 4 aliphatic heterocycles. The lowest BCUT2D eigenvalue weighted by atomic mass is 9.73. The van der Waals surface area contributed by atoms with Gasteiger partial charge in [0.05, 0.1) is 5.41 Å². The van der Waals surface area contributed by atoms with Crippen LogP contribution < -0.4 is 15.8 Å². The number of amides is 1. The van der Waals surface area contributed by atoms with Crippen LogP contribution in [0.2, 0.25) is 0 Å². The molecule has 1 N–H and O–H groups in total. The van der Waals surface area contributed by atoms with Crippen molar-refractivity contribution in [2.24, 2.45) is 5.92 Å². The van der Waals surface area contributed by atoms with Crippen LogP contribution in [0.15, 0.2) is 41.2 Å². The molecular formula is C25H32Cl2N4O2. The fraction of sp³-hybridized carbons (Fsp3) is 0.520. The molecule has 1 amide bonds. The van der Waals surface area contributed by atoms with Gasteiger partial charge in [0.25, 0.3) is 5.56 Å². The number of anilines is 1. The lowest BCUT2D eigenvalue weighted by Crippen LogP contribution is -2.48. The summed E-state index contributed by atoms with van der Waals surface area (Å²) in [6.45, 7) is 5.19. The van der Waals surface area contributed by atoms with E-state index in [4.69, 9.17) is 0 Å². The first-order chi connectivity index (χ1) is 15.1. The molecule has 178 valence electrons. The molecule has 6 nitrogen and oxygen atoms in total. The third-order valence-electron chi connectivity index (χ3n) is 8.19. The van der Waals surface area contributed by atoms with E-state index in [2.05, 4.69) is 28.4 Å². The second-order valence-corrected chi connectivity index (χ2v) is 9.90. The standard InChI is InChI=1S/C25H30N4O2.2ClH/c1-27-22-5-3-2-4-20(22)25(24(27)31)8-10-28(11-9-25)16-18-6-7-21-19-12-17(13-26-14-19)15-29(21)23(18)30;;/h2-7,17,19,26H,8-16H2,1H3;2*1H/t17-,19+;;/m0../s1. The topological polar surface area (TPSA) is 57.6 Å². The molecule has 0 aliphatic carbocycles. The SMILES string of the molecule is CN1C(=O)C2(CCN(Cc3ccc4n(c3=O)C[C@@H]3CNC[C@H]4C3)CC2)c2ccccc21.Cl.Cl. The highest BCUT2D eigenvalue weighted by atomic mass is 35.5. The van der Waals surface area contributed by atoms with E-state index in [9.17, 15) is 9.59 Å². The number of likely N-dealkylation sites (N-methyl/N-ethyl adjacent to an activating group) is 1. The van der Waals surface area contributed by atoms with E-state index in [1.54, 1.807) is 0 Å². The van der Waals surface area contributed by atoms with Gasteiger partial charge >= 0.3 is 0 Å². The maximum Gasteiger partial charge on any atom is 0.255 e. The van der Waals surface area contributed by atoms with Crippen LogP contribution in [0.3, 0.4) is 0 Å². The first kappa shape index (κ1) is 24.3. The van der Waals surface area contributed by atoms with E-state index in [-0.39, 0.29) is 36.3 Å². The Morgan fingerprint density at radius 1 is 1.03 bits per heavy atom. The van der Waals surface area contributed by atoms with Crippen LogP contribution in [0.5, 0.6) is 0 Å². The summed E-state index contributed by atoms with van der Waals surface area (Å²) in [6.07, 6.45) is 2.83. The number of pyridine rings is 1. The average Bonchev–Trinajstić information content (AvgIpc) is 3.00. The number of likely N-dealkylation sites (tertiary alicyclic amines) is 1. The van der Waals surface area contributed by atoms with E-state index < -0.39 is 5.41 Å². The zero-order chi connectivity index (χ0) is 21.2. The minimum Gasteiger partial charge on any atom is -0.316 e. The second kappa shape index (κ2) is 9.06. The highest BCUT2D eigenvalue weighted by Crippen LogP contribution is 2.47. The maximum atomic E-state index is 13.3. The summed E-state index contributed by atoms with van der Waals surface area (Å²) in [5.74, 6) is 1.26. The average molecular weight is 491 g/mol. The molecular weight excluding hydrogens is 459 g/mol. The number of benzene rings is 1. The number of nitrogens with zero attached hydrogens (tertiary/aromatic N) is 3. The molecule has 1 spiro atoms. The predicted octanol–water partition coefficient (Wildman–Crippen LogP) is 2.91. The molecule has 5 heterocycles. The molecule has 0 radical (unpaired) electrons. The summed E-state index contributed by atoms with van der Waals surface area (Å²) < 4.78 is 2.05. The molecule has 0 saturated carbocycles. The summed E-state index contributed by atoms with van der Waals surface area (Å²) in [5.41, 5.74) is 4.12. The molecule has 4 aliphatic rings. The number of para-hydroxylation sites is 1. The predicted molar refractivity (Wildman–Crippen MR) is 135 cm³/mol. The molecule has 0 unspecified atom stereocenters. The Balaban J connectivity index is 0.00000130. The van der Waals surface area contributed by atoms with E-state index in [1.165, 1.54) is 17.7 Å². The van der Waals surface area contributed by atoms with E-state index >= 15 is 0 Å². The number of aromatic nitrogens is 1. The molecule has 33 heavy (non-hydrogen) atoms. The van der Waals surface area contributed by atoms with Gasteiger partial charge in [-0.15, -0.1) is 24.8 Å². The Kier molecular flexibility index (Phi) is 6.67. The summed E-state index contributed by atoms with van der Waals surface area (Å²) >= 11 is 0. The number of fused-ring (bicyclic) bond motifs is 6. The molecule has 6 rings (SSSR count). The molecule has 8 heteroatoms. The summed E-state index contributed by atoms with van der Waals surface area (Å²) in [7, 11) is 1.89. The lowest BCUT2D eigenvalue weighted by molar-refractivity contribution is -0.124. The second-order valence-electron chi connectivity index (χ2n) is 9.90. The Labute approximate surface area is 207 Å². The normalized spacial score (nSPS) is 25.1. The molecule has 2 fully saturated rings. The monoisotopic (exact) mass is 490 g/mol. The Bertz CT molecular complexity index is 1110. The van der Waals surface area contributed by atoms with Crippen molar-refractivity contribution in [1.29, 1.82) is 0 Å². The van der Waals surface area contributed by atoms with Crippen LogP contribution in [-0.2, 0) is 23.3 Å². The minimum atomic E-state index is -0.392. The lowest BCUT2D eigenvalue weighted by Gasteiger charge is -2.39. The van der Waals surface area contributed by atoms with Gasteiger partial charge in [0.2, 0.25) is 5.91 Å². The van der Waals surface area contributed by atoms with Gasteiger partial charge in [-0.2, -0.15) is 0 Å². The number of hydrogen-bond donors (Lipinski definition) is 1. The Hall–Kier alpha value is -1.86. The molecule has 2 atom stereocenters. The van der Waals surface area contributed by atoms with Gasteiger partial charge in [0.1, 0.15) is 0 Å². The summed E-state index contributed by atoms with van der Waals surface area (Å²) in [5, 5.41) is 3.51. The van der Waals surface area contributed by atoms with Crippen molar-refractivity contribution in [3.05, 3.63) is 63.6 Å². The van der Waals surface area contributed by atoms with Crippen molar-refractivity contribution in [3.63, 3.8) is 0 Å². The highest BCUT2D eigenvalue weighted by molar-refractivity contribution is 6.07. The van der Waals surface area contributed by atoms with Gasteiger partial charge in [0, 0.05) is 49.5 Å². The van der Waals surface area contributed by atoms with Crippen molar-refractivity contribution in [2.45, 2.75) is 43.7 Å². The molecule has 2 saturated heterocycles. The van der Waals surface area contributed by atoms with Crippen LogP contribution in [0.1, 0.15) is 42.0 Å². The van der Waals surface area contributed by atoms with Crippen molar-refractivity contribution >= 4 is 36.4 Å². The van der Waals surface area contributed by atoms with Gasteiger partial charge < -0.3 is 14.8 Å². The van der Waals surface area contributed by atoms with E-state index in [0.717, 1.165) is 56.8 Å². The quantitative estimate of drug-likeness (QED) is 0.702. The Morgan fingerprint density at radius 2 is 1.79 bits per heavy atom. The molecule has 2 aromatic rings. The first-order valence-electron chi connectivity index (χ1n) is 11.6. The molecule has 2 bridgehead atoms. The first-order valence-corrected chi connectivity index (χ1v) is 11.6. The number of nitrogens with one attached hydrogen (secondary N) is 1. The van der Waals surface area contributed by atoms with Crippen LogP contribution in [0.25, 0.3) is 0 Å². The van der Waals surface area contributed by atoms with Gasteiger partial charge in [-0.1, -0.05) is 24.3 Å². The number of carbonyl (C=O) groups is 1. The third kappa shape index (κ3) is 3.72. The fourth-order valence-electron chi connectivity index (χ4n) is 6.49. The smallest absolute Gasteiger partial charge is 0.255 e. The van der Waals surface area contributed by atoms with Gasteiger partial charge in [-0.25, -0.2) is 0 Å². The van der Waals surface area contributed by atoms with Crippen LogP contribution in [0, 0.1) is 5.92 Å². The van der Waals surface area contributed by atoms with Crippen LogP contribution >= 0.6 is 24.8 Å². The van der Waals surface area contributed by atoms with Gasteiger partial charge in [0.15, 0.2) is 0 Å². The minimum absolute atomic E-state index is 0. The zero-order valence-corrected chi connectivity index (χ0v) is 20.6. The van der Waals surface area contributed by atoms with E-state index in [1.807, 2.05) is 34.7 Å². The van der Waals surface area contributed by atoms with Crippen LogP contribution in [-0.4, -0.2) is 48.6 Å². The van der Waals surface area contributed by atoms with Crippen molar-refractivity contribution < 1.29 is 4.79 Å². The number of carbonyl (C=O) groups excluding carboxylic acids is 1. The van der Waals surface area contributed by atoms with Gasteiger partial charge in [-0.3, -0.25) is 14.5 Å². The third-order valence-corrected chi connectivity index (χ3v) is 8.19. The number of hydrogen-bond acceptors (Lipinski definition) is 4. The van der Waals surface area contributed by atoms with Gasteiger partial charge in [-0.05, 0) is 62.5 Å². The number of piperidine rings is 2.